The van der Waals surface area contributed by atoms with Gasteiger partial charge in [-0.15, -0.1) is 0 Å². The summed E-state index contributed by atoms with van der Waals surface area (Å²) in [5.74, 6) is 0.902. The van der Waals surface area contributed by atoms with Gasteiger partial charge in [0.2, 0.25) is 0 Å². The van der Waals surface area contributed by atoms with E-state index in [-0.39, 0.29) is 0 Å². The fraction of sp³-hybridized carbons (Fsp3) is 0.462. The predicted octanol–water partition coefficient (Wildman–Crippen LogP) is 5.39. The third-order valence-corrected chi connectivity index (χ3v) is 5.42. The van der Waals surface area contributed by atoms with E-state index < -0.39 is 17.9 Å². The highest BCUT2D eigenvalue weighted by atomic mass is 16.5. The van der Waals surface area contributed by atoms with E-state index in [0.717, 1.165) is 30.6 Å². The maximum Gasteiger partial charge on any atom is 0.279 e. The normalized spacial score (nSPS) is 12.5. The highest BCUT2D eigenvalue weighted by molar-refractivity contribution is 5.95. The van der Waals surface area contributed by atoms with Crippen molar-refractivity contribution in [2.45, 2.75) is 71.8 Å². The Labute approximate surface area is 191 Å². The molecule has 0 aliphatic carbocycles. The van der Waals surface area contributed by atoms with E-state index in [1.165, 1.54) is 12.8 Å². The summed E-state index contributed by atoms with van der Waals surface area (Å²) in [6, 6.07) is 14.6. The fourth-order valence-electron chi connectivity index (χ4n) is 3.17. The monoisotopic (exact) mass is 440 g/mol. The van der Waals surface area contributed by atoms with Crippen LogP contribution in [0.1, 0.15) is 81.6 Å². The first-order chi connectivity index (χ1) is 15.5. The molecule has 2 amide bonds. The van der Waals surface area contributed by atoms with Crippen LogP contribution in [0.15, 0.2) is 48.5 Å². The second kappa shape index (κ2) is 13.4. The van der Waals surface area contributed by atoms with Crippen molar-refractivity contribution in [3.8, 4) is 11.5 Å². The lowest BCUT2D eigenvalue weighted by atomic mass is 9.98. The summed E-state index contributed by atoms with van der Waals surface area (Å²) in [6.45, 7) is 8.73. The van der Waals surface area contributed by atoms with E-state index in [1.54, 1.807) is 31.2 Å². The number of carbonyl (C=O) groups excluding carboxylic acids is 2. The van der Waals surface area contributed by atoms with Crippen LogP contribution in [0.3, 0.4) is 0 Å². The Kier molecular flexibility index (Phi) is 10.6. The van der Waals surface area contributed by atoms with Crippen molar-refractivity contribution in [3.05, 3.63) is 59.7 Å². The largest absolute Gasteiger partial charge is 0.494 e. The van der Waals surface area contributed by atoms with Gasteiger partial charge >= 0.3 is 0 Å². The summed E-state index contributed by atoms with van der Waals surface area (Å²) in [6.07, 6.45) is 4.79. The number of nitrogens with one attached hydrogen (secondary N) is 2. The van der Waals surface area contributed by atoms with Crippen LogP contribution in [-0.2, 0) is 4.79 Å². The third kappa shape index (κ3) is 7.91. The maximum absolute atomic E-state index is 12.4. The number of unbranched alkanes of at least 4 members (excludes halogenated alkanes) is 3. The predicted molar refractivity (Wildman–Crippen MR) is 127 cm³/mol. The molecule has 2 rings (SSSR count). The number of ether oxygens (including phenoxy) is 2. The van der Waals surface area contributed by atoms with Gasteiger partial charge < -0.3 is 9.47 Å². The van der Waals surface area contributed by atoms with Crippen LogP contribution in [0, 0.1) is 0 Å². The van der Waals surface area contributed by atoms with Crippen molar-refractivity contribution in [2.75, 3.05) is 6.61 Å². The van der Waals surface area contributed by atoms with E-state index in [1.807, 2.05) is 24.3 Å². The van der Waals surface area contributed by atoms with E-state index >= 15 is 0 Å². The minimum atomic E-state index is -0.760. The molecule has 0 spiro atoms. The highest BCUT2D eigenvalue weighted by Crippen LogP contribution is 2.29. The second-order valence-electron chi connectivity index (χ2n) is 7.98. The fourth-order valence-corrected chi connectivity index (χ4v) is 3.17. The van der Waals surface area contributed by atoms with Gasteiger partial charge in [0.05, 0.1) is 6.61 Å². The minimum absolute atomic E-state index is 0.324. The molecule has 32 heavy (non-hydrogen) atoms. The number of hydrazine groups is 1. The van der Waals surface area contributed by atoms with Crippen LogP contribution in [0.5, 0.6) is 11.5 Å². The third-order valence-electron chi connectivity index (χ3n) is 5.42. The molecular formula is C26H36N2O4. The Bertz CT molecular complexity index is 851. The molecule has 0 saturated carbocycles. The second-order valence-corrected chi connectivity index (χ2v) is 7.98. The van der Waals surface area contributed by atoms with Gasteiger partial charge in [-0.2, -0.15) is 0 Å². The van der Waals surface area contributed by atoms with Crippen molar-refractivity contribution >= 4 is 11.8 Å². The van der Waals surface area contributed by atoms with Crippen molar-refractivity contribution in [1.82, 2.24) is 10.9 Å². The first kappa shape index (κ1) is 25.2. The Balaban J connectivity index is 1.81. The van der Waals surface area contributed by atoms with E-state index in [2.05, 4.69) is 31.6 Å². The molecule has 2 aromatic rings. The lowest BCUT2D eigenvalue weighted by Gasteiger charge is -2.19. The molecule has 0 aliphatic rings. The van der Waals surface area contributed by atoms with E-state index in [4.69, 9.17) is 9.47 Å². The first-order valence-corrected chi connectivity index (χ1v) is 11.5. The lowest BCUT2D eigenvalue weighted by molar-refractivity contribution is -0.128. The highest BCUT2D eigenvalue weighted by Gasteiger charge is 2.18. The van der Waals surface area contributed by atoms with Gasteiger partial charge in [-0.3, -0.25) is 20.4 Å². The van der Waals surface area contributed by atoms with Gasteiger partial charge in [0.1, 0.15) is 11.5 Å². The van der Waals surface area contributed by atoms with Gasteiger partial charge in [-0.1, -0.05) is 58.2 Å². The Hall–Kier alpha value is -3.02. The zero-order valence-electron chi connectivity index (χ0n) is 19.6. The lowest BCUT2D eigenvalue weighted by Crippen LogP contribution is -2.47. The number of hydrogen-bond donors (Lipinski definition) is 2. The van der Waals surface area contributed by atoms with Crippen LogP contribution in [0.25, 0.3) is 0 Å². The van der Waals surface area contributed by atoms with Gasteiger partial charge in [0.15, 0.2) is 6.10 Å². The topological polar surface area (TPSA) is 76.7 Å². The standard InChI is InChI=1S/C26H36N2O4/c1-5-7-8-11-18-31-22-16-14-21(15-17-22)26(30)28-27-25(29)20(4)32-24-13-10-9-12-23(24)19(3)6-2/h9-10,12-17,19-20H,5-8,11,18H2,1-4H3,(H,27,29)(H,28,30). The van der Waals surface area contributed by atoms with Gasteiger partial charge in [-0.05, 0) is 61.6 Å². The molecule has 2 N–H and O–H groups in total. The van der Waals surface area contributed by atoms with Crippen LogP contribution >= 0.6 is 0 Å². The average molecular weight is 441 g/mol. The number of rotatable bonds is 12. The number of amides is 2. The molecule has 2 aromatic carbocycles. The number of benzene rings is 2. The van der Waals surface area contributed by atoms with Gasteiger partial charge in [0, 0.05) is 5.56 Å². The number of hydrogen-bond acceptors (Lipinski definition) is 4. The Morgan fingerprint density at radius 1 is 0.906 bits per heavy atom. The van der Waals surface area contributed by atoms with Gasteiger partial charge in [-0.25, -0.2) is 0 Å². The van der Waals surface area contributed by atoms with Crippen LogP contribution in [-0.4, -0.2) is 24.5 Å². The molecule has 0 aliphatic heterocycles. The summed E-state index contributed by atoms with van der Waals surface area (Å²) < 4.78 is 11.6. The van der Waals surface area contributed by atoms with Crippen LogP contribution < -0.4 is 20.3 Å². The molecule has 0 radical (unpaired) electrons. The maximum atomic E-state index is 12.4. The summed E-state index contributed by atoms with van der Waals surface area (Å²) in [5.41, 5.74) is 6.37. The molecule has 174 valence electrons. The molecule has 2 unspecified atom stereocenters. The molecular weight excluding hydrogens is 404 g/mol. The summed E-state index contributed by atoms with van der Waals surface area (Å²) in [5, 5.41) is 0. The SMILES string of the molecule is CCCCCCOc1ccc(C(=O)NNC(=O)C(C)Oc2ccccc2C(C)CC)cc1. The molecule has 0 fully saturated rings. The number of carbonyl (C=O) groups is 2. The molecule has 0 heterocycles. The van der Waals surface area contributed by atoms with Crippen molar-refractivity contribution in [3.63, 3.8) is 0 Å². The van der Waals surface area contributed by atoms with Crippen molar-refractivity contribution in [2.24, 2.45) is 0 Å². The van der Waals surface area contributed by atoms with Gasteiger partial charge in [0.25, 0.3) is 11.8 Å². The number of para-hydroxylation sites is 1. The quantitative estimate of drug-likeness (QED) is 0.343. The average Bonchev–Trinajstić information content (AvgIpc) is 2.82. The van der Waals surface area contributed by atoms with E-state index in [9.17, 15) is 9.59 Å². The van der Waals surface area contributed by atoms with Crippen LogP contribution in [0.2, 0.25) is 0 Å². The molecule has 0 aromatic heterocycles. The van der Waals surface area contributed by atoms with Crippen molar-refractivity contribution in [1.29, 1.82) is 0 Å². The van der Waals surface area contributed by atoms with Crippen LogP contribution in [0.4, 0.5) is 0 Å². The Morgan fingerprint density at radius 3 is 2.31 bits per heavy atom. The molecule has 6 heteroatoms. The summed E-state index contributed by atoms with van der Waals surface area (Å²) in [7, 11) is 0. The van der Waals surface area contributed by atoms with E-state index in [0.29, 0.717) is 23.8 Å². The summed E-state index contributed by atoms with van der Waals surface area (Å²) in [4.78, 5) is 24.8. The molecule has 0 bridgehead atoms. The Morgan fingerprint density at radius 2 is 1.62 bits per heavy atom. The zero-order valence-corrected chi connectivity index (χ0v) is 19.6. The summed E-state index contributed by atoms with van der Waals surface area (Å²) >= 11 is 0. The molecule has 2 atom stereocenters. The first-order valence-electron chi connectivity index (χ1n) is 11.5. The zero-order chi connectivity index (χ0) is 23.3. The smallest absolute Gasteiger partial charge is 0.279 e. The molecule has 0 saturated heterocycles. The van der Waals surface area contributed by atoms with Crippen molar-refractivity contribution < 1.29 is 19.1 Å². The minimum Gasteiger partial charge on any atom is -0.494 e. The molecule has 6 nitrogen and oxygen atoms in total.